The number of unbranched alkanes of at least 4 members (excludes halogenated alkanes) is 1. The van der Waals surface area contributed by atoms with E-state index >= 15 is 0 Å². The molecule has 4 heteroatoms. The molecular weight excluding hydrogens is 274 g/mol. The molecule has 2 rings (SSSR count). The van der Waals surface area contributed by atoms with E-state index in [2.05, 4.69) is 36.3 Å². The topological polar surface area (TPSA) is 28.5 Å². The zero-order chi connectivity index (χ0) is 16.1. The van der Waals surface area contributed by atoms with Gasteiger partial charge in [-0.25, -0.2) is 0 Å². The SMILES string of the molecule is CCCCN(C)C(=O)c1cc(C)n(CCN2CCCC2)c1C. The number of carbonyl (C=O) groups excluding carboxylic acids is 1. The van der Waals surface area contributed by atoms with E-state index in [1.807, 2.05) is 11.9 Å². The Kier molecular flexibility index (Phi) is 6.07. The molecule has 1 aromatic heterocycles. The molecule has 0 saturated carbocycles. The van der Waals surface area contributed by atoms with E-state index in [4.69, 9.17) is 0 Å². The summed E-state index contributed by atoms with van der Waals surface area (Å²) in [5.74, 6) is 0.161. The molecule has 1 aliphatic heterocycles. The predicted octanol–water partition coefficient (Wildman–Crippen LogP) is 3.07. The van der Waals surface area contributed by atoms with Gasteiger partial charge in [-0.3, -0.25) is 4.79 Å². The molecule has 0 unspecified atom stereocenters. The first-order chi connectivity index (χ1) is 10.5. The van der Waals surface area contributed by atoms with Crippen molar-refractivity contribution in [3.8, 4) is 0 Å². The number of rotatable bonds is 7. The van der Waals surface area contributed by atoms with Crippen molar-refractivity contribution < 1.29 is 4.79 Å². The van der Waals surface area contributed by atoms with Crippen molar-refractivity contribution in [1.29, 1.82) is 0 Å². The van der Waals surface area contributed by atoms with Crippen LogP contribution >= 0.6 is 0 Å². The number of nitrogens with zero attached hydrogens (tertiary/aromatic N) is 3. The number of hydrogen-bond acceptors (Lipinski definition) is 2. The van der Waals surface area contributed by atoms with Crippen LogP contribution < -0.4 is 0 Å². The van der Waals surface area contributed by atoms with Crippen LogP contribution in [0.25, 0.3) is 0 Å². The summed E-state index contributed by atoms with van der Waals surface area (Å²) in [5, 5.41) is 0. The van der Waals surface area contributed by atoms with Gasteiger partial charge >= 0.3 is 0 Å². The fraction of sp³-hybridized carbons (Fsp3) is 0.722. The fourth-order valence-electron chi connectivity index (χ4n) is 3.31. The number of hydrogen-bond donors (Lipinski definition) is 0. The summed E-state index contributed by atoms with van der Waals surface area (Å²) in [6, 6.07) is 2.06. The zero-order valence-electron chi connectivity index (χ0n) is 14.7. The summed E-state index contributed by atoms with van der Waals surface area (Å²) in [6.45, 7) is 11.7. The molecule has 1 saturated heterocycles. The van der Waals surface area contributed by atoms with Gasteiger partial charge in [0.25, 0.3) is 5.91 Å². The molecular formula is C18H31N3O. The molecule has 2 heterocycles. The summed E-state index contributed by atoms with van der Waals surface area (Å²) in [7, 11) is 1.91. The number of likely N-dealkylation sites (tertiary alicyclic amines) is 1. The minimum atomic E-state index is 0.161. The molecule has 22 heavy (non-hydrogen) atoms. The van der Waals surface area contributed by atoms with Crippen molar-refractivity contribution in [3.63, 3.8) is 0 Å². The third-order valence-electron chi connectivity index (χ3n) is 4.84. The third-order valence-corrected chi connectivity index (χ3v) is 4.84. The van der Waals surface area contributed by atoms with Gasteiger partial charge in [-0.1, -0.05) is 13.3 Å². The Morgan fingerprint density at radius 3 is 2.55 bits per heavy atom. The Bertz CT molecular complexity index is 501. The highest BCUT2D eigenvalue weighted by Crippen LogP contribution is 2.18. The van der Waals surface area contributed by atoms with Crippen molar-refractivity contribution in [2.24, 2.45) is 0 Å². The molecule has 0 bridgehead atoms. The van der Waals surface area contributed by atoms with Crippen LogP contribution in [-0.2, 0) is 6.54 Å². The lowest BCUT2D eigenvalue weighted by Crippen LogP contribution is -2.28. The molecule has 1 aromatic rings. The highest BCUT2D eigenvalue weighted by Gasteiger charge is 2.19. The van der Waals surface area contributed by atoms with Crippen LogP contribution in [0.15, 0.2) is 6.07 Å². The first-order valence-corrected chi connectivity index (χ1v) is 8.69. The highest BCUT2D eigenvalue weighted by atomic mass is 16.2. The molecule has 0 N–H and O–H groups in total. The predicted molar refractivity (Wildman–Crippen MR) is 91.4 cm³/mol. The monoisotopic (exact) mass is 305 g/mol. The molecule has 124 valence electrons. The quantitative estimate of drug-likeness (QED) is 0.774. The Labute approximate surface area is 135 Å². The molecule has 0 aliphatic carbocycles. The lowest BCUT2D eigenvalue weighted by atomic mass is 10.2. The molecule has 0 radical (unpaired) electrons. The second-order valence-electron chi connectivity index (χ2n) is 6.57. The van der Waals surface area contributed by atoms with Gasteiger partial charge in [0.05, 0.1) is 5.56 Å². The van der Waals surface area contributed by atoms with Gasteiger partial charge in [0.15, 0.2) is 0 Å². The maximum absolute atomic E-state index is 12.6. The Morgan fingerprint density at radius 1 is 1.23 bits per heavy atom. The third kappa shape index (κ3) is 3.92. The average molecular weight is 305 g/mol. The van der Waals surface area contributed by atoms with Gasteiger partial charge in [-0.05, 0) is 52.3 Å². The number of aromatic nitrogens is 1. The van der Waals surface area contributed by atoms with Crippen LogP contribution in [-0.4, -0.2) is 53.5 Å². The number of amides is 1. The van der Waals surface area contributed by atoms with E-state index in [1.54, 1.807) is 0 Å². The van der Waals surface area contributed by atoms with Crippen LogP contribution in [0, 0.1) is 13.8 Å². The minimum Gasteiger partial charge on any atom is -0.347 e. The molecule has 0 atom stereocenters. The maximum Gasteiger partial charge on any atom is 0.255 e. The van der Waals surface area contributed by atoms with Gasteiger partial charge in [-0.15, -0.1) is 0 Å². The number of aryl methyl sites for hydroxylation is 1. The first-order valence-electron chi connectivity index (χ1n) is 8.69. The van der Waals surface area contributed by atoms with Crippen LogP contribution in [0.2, 0.25) is 0 Å². The number of carbonyl (C=O) groups is 1. The van der Waals surface area contributed by atoms with E-state index in [1.165, 1.54) is 31.6 Å². The fourth-order valence-corrected chi connectivity index (χ4v) is 3.31. The Morgan fingerprint density at radius 2 is 1.91 bits per heavy atom. The molecule has 1 amide bonds. The largest absolute Gasteiger partial charge is 0.347 e. The summed E-state index contributed by atoms with van der Waals surface area (Å²) in [5.41, 5.74) is 3.19. The average Bonchev–Trinajstić information content (AvgIpc) is 3.11. The van der Waals surface area contributed by atoms with Crippen molar-refractivity contribution in [2.45, 2.75) is 53.0 Å². The minimum absolute atomic E-state index is 0.161. The molecule has 1 aliphatic rings. The second-order valence-corrected chi connectivity index (χ2v) is 6.57. The summed E-state index contributed by atoms with van der Waals surface area (Å²) < 4.78 is 2.30. The van der Waals surface area contributed by atoms with E-state index < -0.39 is 0 Å². The summed E-state index contributed by atoms with van der Waals surface area (Å²) >= 11 is 0. The van der Waals surface area contributed by atoms with E-state index in [0.29, 0.717) is 0 Å². The van der Waals surface area contributed by atoms with Crippen LogP contribution in [0.5, 0.6) is 0 Å². The van der Waals surface area contributed by atoms with Crippen LogP contribution in [0.3, 0.4) is 0 Å². The second kappa shape index (κ2) is 7.82. The Hall–Kier alpha value is -1.29. The van der Waals surface area contributed by atoms with Gasteiger partial charge in [0.2, 0.25) is 0 Å². The van der Waals surface area contributed by atoms with E-state index in [9.17, 15) is 4.79 Å². The summed E-state index contributed by atoms with van der Waals surface area (Å²) in [6.07, 6.45) is 4.84. The molecule has 0 spiro atoms. The molecule has 1 fully saturated rings. The van der Waals surface area contributed by atoms with Gasteiger partial charge in [0, 0.05) is 38.1 Å². The lowest BCUT2D eigenvalue weighted by molar-refractivity contribution is 0.0792. The van der Waals surface area contributed by atoms with Crippen molar-refractivity contribution in [2.75, 3.05) is 33.2 Å². The first kappa shape index (κ1) is 17.1. The molecule has 0 aromatic carbocycles. The van der Waals surface area contributed by atoms with Crippen molar-refractivity contribution in [1.82, 2.24) is 14.4 Å². The van der Waals surface area contributed by atoms with Gasteiger partial charge < -0.3 is 14.4 Å². The standard InChI is InChI=1S/C18H31N3O/c1-5-6-9-19(4)18(22)17-14-15(2)21(16(17)3)13-12-20-10-7-8-11-20/h14H,5-13H2,1-4H3. The van der Waals surface area contributed by atoms with E-state index in [0.717, 1.165) is 43.7 Å². The van der Waals surface area contributed by atoms with Crippen LogP contribution in [0.4, 0.5) is 0 Å². The zero-order valence-corrected chi connectivity index (χ0v) is 14.7. The Balaban J connectivity index is 2.03. The van der Waals surface area contributed by atoms with Crippen molar-refractivity contribution in [3.05, 3.63) is 23.0 Å². The summed E-state index contributed by atoms with van der Waals surface area (Å²) in [4.78, 5) is 17.0. The lowest BCUT2D eigenvalue weighted by Gasteiger charge is -2.18. The molecule has 4 nitrogen and oxygen atoms in total. The van der Waals surface area contributed by atoms with Crippen molar-refractivity contribution >= 4 is 5.91 Å². The highest BCUT2D eigenvalue weighted by molar-refractivity contribution is 5.95. The van der Waals surface area contributed by atoms with Gasteiger partial charge in [0.1, 0.15) is 0 Å². The van der Waals surface area contributed by atoms with Gasteiger partial charge in [-0.2, -0.15) is 0 Å². The van der Waals surface area contributed by atoms with Crippen LogP contribution in [0.1, 0.15) is 54.4 Å². The normalized spacial score (nSPS) is 15.5. The maximum atomic E-state index is 12.6. The smallest absolute Gasteiger partial charge is 0.255 e. The van der Waals surface area contributed by atoms with E-state index in [-0.39, 0.29) is 5.91 Å².